The Hall–Kier alpha value is -0.750. The van der Waals surface area contributed by atoms with Crippen LogP contribution in [0.2, 0.25) is 0 Å². The van der Waals surface area contributed by atoms with Gasteiger partial charge in [0.15, 0.2) is 0 Å². The Labute approximate surface area is 116 Å². The molecule has 1 aromatic carbocycles. The molecule has 0 aromatic heterocycles. The van der Waals surface area contributed by atoms with Crippen LogP contribution in [0.25, 0.3) is 0 Å². The second kappa shape index (κ2) is 5.93. The van der Waals surface area contributed by atoms with Crippen LogP contribution in [0.3, 0.4) is 0 Å². The number of halogens is 2. The highest BCUT2D eigenvalue weighted by molar-refractivity contribution is 9.10. The fourth-order valence-electron chi connectivity index (χ4n) is 1.88. The zero-order valence-electron chi connectivity index (χ0n) is 9.62. The third kappa shape index (κ3) is 3.17. The van der Waals surface area contributed by atoms with Crippen molar-refractivity contribution in [3.63, 3.8) is 0 Å². The minimum atomic E-state index is -0.749. The lowest BCUT2D eigenvalue weighted by Crippen LogP contribution is -2.39. The molecule has 0 saturated carbocycles. The van der Waals surface area contributed by atoms with Crippen molar-refractivity contribution in [2.45, 2.75) is 18.9 Å². The molecule has 1 N–H and O–H groups in total. The Bertz CT molecular complexity index is 485. The summed E-state index contributed by atoms with van der Waals surface area (Å²) in [4.78, 5) is 12.0. The molecule has 0 aliphatic carbocycles. The van der Waals surface area contributed by atoms with Crippen LogP contribution in [0.5, 0.6) is 0 Å². The lowest BCUT2D eigenvalue weighted by molar-refractivity contribution is 0.0933. The van der Waals surface area contributed by atoms with E-state index in [2.05, 4.69) is 21.2 Å². The Morgan fingerprint density at radius 2 is 2.06 bits per heavy atom. The van der Waals surface area contributed by atoms with Gasteiger partial charge in [-0.3, -0.25) is 9.00 Å². The van der Waals surface area contributed by atoms with Crippen molar-refractivity contribution in [1.29, 1.82) is 0 Å². The highest BCUT2D eigenvalue weighted by Gasteiger charge is 2.21. The molecular weight excluding hydrogens is 321 g/mol. The van der Waals surface area contributed by atoms with E-state index in [1.165, 1.54) is 12.1 Å². The topological polar surface area (TPSA) is 46.2 Å². The van der Waals surface area contributed by atoms with Gasteiger partial charge in [-0.1, -0.05) is 6.07 Å². The molecule has 0 spiro atoms. The molecule has 1 heterocycles. The van der Waals surface area contributed by atoms with Crippen molar-refractivity contribution in [2.75, 3.05) is 11.5 Å². The van der Waals surface area contributed by atoms with Gasteiger partial charge in [-0.2, -0.15) is 0 Å². The van der Waals surface area contributed by atoms with Crippen LogP contribution in [0.4, 0.5) is 4.39 Å². The zero-order valence-corrected chi connectivity index (χ0v) is 12.0. The van der Waals surface area contributed by atoms with Gasteiger partial charge in [0.1, 0.15) is 5.82 Å². The van der Waals surface area contributed by atoms with Crippen molar-refractivity contribution >= 4 is 32.6 Å². The Morgan fingerprint density at radius 1 is 1.39 bits per heavy atom. The van der Waals surface area contributed by atoms with E-state index in [1.54, 1.807) is 6.07 Å². The van der Waals surface area contributed by atoms with E-state index in [-0.39, 0.29) is 16.4 Å². The molecule has 6 heteroatoms. The van der Waals surface area contributed by atoms with E-state index in [0.717, 1.165) is 0 Å². The summed E-state index contributed by atoms with van der Waals surface area (Å²) in [6.07, 6.45) is 1.43. The van der Waals surface area contributed by atoms with Crippen molar-refractivity contribution < 1.29 is 13.4 Å². The number of carbonyl (C=O) groups is 1. The van der Waals surface area contributed by atoms with Crippen LogP contribution in [-0.2, 0) is 10.8 Å². The second-order valence-electron chi connectivity index (χ2n) is 4.20. The normalized spacial score (nSPS) is 23.7. The van der Waals surface area contributed by atoms with Crippen LogP contribution in [0.1, 0.15) is 23.2 Å². The molecule has 1 saturated heterocycles. The van der Waals surface area contributed by atoms with Crippen LogP contribution < -0.4 is 5.32 Å². The predicted octanol–water partition coefficient (Wildman–Crippen LogP) is 2.23. The highest BCUT2D eigenvalue weighted by atomic mass is 79.9. The number of hydrogen-bond donors (Lipinski definition) is 1. The summed E-state index contributed by atoms with van der Waals surface area (Å²) < 4.78 is 24.7. The van der Waals surface area contributed by atoms with E-state index in [0.29, 0.717) is 29.9 Å². The van der Waals surface area contributed by atoms with Gasteiger partial charge in [-0.25, -0.2) is 4.39 Å². The fraction of sp³-hybridized carbons (Fsp3) is 0.417. The van der Waals surface area contributed by atoms with Gasteiger partial charge in [0, 0.05) is 28.3 Å². The Morgan fingerprint density at radius 3 is 2.72 bits per heavy atom. The van der Waals surface area contributed by atoms with Gasteiger partial charge in [0.05, 0.1) is 10.0 Å². The summed E-state index contributed by atoms with van der Waals surface area (Å²) >= 11 is 3.07. The van der Waals surface area contributed by atoms with Gasteiger partial charge < -0.3 is 5.32 Å². The van der Waals surface area contributed by atoms with Crippen molar-refractivity contribution in [2.24, 2.45) is 0 Å². The van der Waals surface area contributed by atoms with E-state index in [4.69, 9.17) is 0 Å². The summed E-state index contributed by atoms with van der Waals surface area (Å²) in [7, 11) is -0.749. The monoisotopic (exact) mass is 333 g/mol. The fourth-order valence-corrected chi connectivity index (χ4v) is 3.62. The SMILES string of the molecule is O=C(NC1CCS(=O)CC1)c1cccc(F)c1Br. The minimum absolute atomic E-state index is 0.0327. The van der Waals surface area contributed by atoms with Gasteiger partial charge >= 0.3 is 0 Å². The Kier molecular flexibility index (Phi) is 4.50. The standard InChI is InChI=1S/C12H13BrFNO2S/c13-11-9(2-1-3-10(11)14)12(16)15-8-4-6-18(17)7-5-8/h1-3,8H,4-7H2,(H,15,16). The lowest BCUT2D eigenvalue weighted by Gasteiger charge is -2.22. The molecule has 0 radical (unpaired) electrons. The first kappa shape index (κ1) is 13.7. The second-order valence-corrected chi connectivity index (χ2v) is 6.69. The van der Waals surface area contributed by atoms with E-state index < -0.39 is 16.6 Å². The van der Waals surface area contributed by atoms with E-state index >= 15 is 0 Å². The summed E-state index contributed by atoms with van der Waals surface area (Å²) in [6, 6.07) is 4.41. The van der Waals surface area contributed by atoms with Crippen molar-refractivity contribution in [3.8, 4) is 0 Å². The molecule has 18 heavy (non-hydrogen) atoms. The van der Waals surface area contributed by atoms with Gasteiger partial charge in [0.2, 0.25) is 0 Å². The quantitative estimate of drug-likeness (QED) is 0.902. The maximum absolute atomic E-state index is 13.3. The van der Waals surface area contributed by atoms with Crippen LogP contribution in [-0.4, -0.2) is 27.7 Å². The first-order valence-electron chi connectivity index (χ1n) is 5.68. The summed E-state index contributed by atoms with van der Waals surface area (Å²) in [5.74, 6) is 0.497. The minimum Gasteiger partial charge on any atom is -0.349 e. The first-order chi connectivity index (χ1) is 8.58. The largest absolute Gasteiger partial charge is 0.349 e. The molecule has 1 amide bonds. The molecular formula is C12H13BrFNO2S. The van der Waals surface area contributed by atoms with E-state index in [1.807, 2.05) is 0 Å². The van der Waals surface area contributed by atoms with Crippen LogP contribution >= 0.6 is 15.9 Å². The molecule has 0 atom stereocenters. The van der Waals surface area contributed by atoms with Crippen LogP contribution in [0.15, 0.2) is 22.7 Å². The average molecular weight is 334 g/mol. The summed E-state index contributed by atoms with van der Waals surface area (Å²) in [5.41, 5.74) is 0.293. The maximum atomic E-state index is 13.3. The molecule has 1 aliphatic heterocycles. The lowest BCUT2D eigenvalue weighted by atomic mass is 10.1. The van der Waals surface area contributed by atoms with Crippen molar-refractivity contribution in [3.05, 3.63) is 34.1 Å². The third-order valence-electron chi connectivity index (χ3n) is 2.92. The number of hydrogen-bond acceptors (Lipinski definition) is 2. The molecule has 0 unspecified atom stereocenters. The maximum Gasteiger partial charge on any atom is 0.252 e. The van der Waals surface area contributed by atoms with Crippen LogP contribution in [0, 0.1) is 5.82 Å². The van der Waals surface area contributed by atoms with Gasteiger partial charge in [-0.05, 0) is 40.9 Å². The number of rotatable bonds is 2. The Balaban J connectivity index is 2.03. The highest BCUT2D eigenvalue weighted by Crippen LogP contribution is 2.21. The van der Waals surface area contributed by atoms with E-state index in [9.17, 15) is 13.4 Å². The predicted molar refractivity (Wildman–Crippen MR) is 72.5 cm³/mol. The van der Waals surface area contributed by atoms with Gasteiger partial charge in [0.25, 0.3) is 5.91 Å². The summed E-state index contributed by atoms with van der Waals surface area (Å²) in [6.45, 7) is 0. The number of carbonyl (C=O) groups excluding carboxylic acids is 1. The third-order valence-corrected chi connectivity index (χ3v) is 5.11. The molecule has 3 nitrogen and oxygen atoms in total. The average Bonchev–Trinajstić information content (AvgIpc) is 2.35. The molecule has 98 valence electrons. The molecule has 2 rings (SSSR count). The van der Waals surface area contributed by atoms with Gasteiger partial charge in [-0.15, -0.1) is 0 Å². The number of benzene rings is 1. The molecule has 1 fully saturated rings. The zero-order chi connectivity index (χ0) is 13.1. The number of nitrogens with one attached hydrogen (secondary N) is 1. The molecule has 1 aromatic rings. The smallest absolute Gasteiger partial charge is 0.252 e. The first-order valence-corrected chi connectivity index (χ1v) is 7.96. The molecule has 1 aliphatic rings. The summed E-state index contributed by atoms with van der Waals surface area (Å²) in [5, 5.41) is 2.85. The van der Waals surface area contributed by atoms with Crippen molar-refractivity contribution in [1.82, 2.24) is 5.32 Å². The number of amides is 1. The molecule has 0 bridgehead atoms.